The van der Waals surface area contributed by atoms with Crippen molar-refractivity contribution in [3.05, 3.63) is 57.6 Å². The first-order valence-electron chi connectivity index (χ1n) is 10.5. The maximum Gasteiger partial charge on any atom is 0.224 e. The van der Waals surface area contributed by atoms with E-state index >= 15 is 0 Å². The predicted molar refractivity (Wildman–Crippen MR) is 122 cm³/mol. The van der Waals surface area contributed by atoms with Gasteiger partial charge in [0.1, 0.15) is 5.75 Å². The van der Waals surface area contributed by atoms with E-state index in [1.54, 1.807) is 6.07 Å². The summed E-state index contributed by atoms with van der Waals surface area (Å²) in [6.45, 7) is 4.63. The molecule has 0 bridgehead atoms. The highest BCUT2D eigenvalue weighted by molar-refractivity contribution is 6.38. The number of nitrogens with one attached hydrogen (secondary N) is 2. The molecule has 2 aliphatic heterocycles. The molecule has 1 amide bonds. The second kappa shape index (κ2) is 10.0. The molecule has 0 saturated carbocycles. The minimum Gasteiger partial charge on any atom is -0.492 e. The van der Waals surface area contributed by atoms with E-state index < -0.39 is 0 Å². The second-order valence-electron chi connectivity index (χ2n) is 7.88. The minimum absolute atomic E-state index is 0.0269. The number of carbonyl (C=O) groups excluding carboxylic acids is 1. The van der Waals surface area contributed by atoms with Crippen LogP contribution < -0.4 is 15.4 Å². The zero-order valence-corrected chi connectivity index (χ0v) is 18.4. The van der Waals surface area contributed by atoms with Crippen molar-refractivity contribution < 1.29 is 9.53 Å². The fourth-order valence-electron chi connectivity index (χ4n) is 4.23. The molecule has 7 heteroatoms. The van der Waals surface area contributed by atoms with E-state index in [0.717, 1.165) is 44.6 Å². The van der Waals surface area contributed by atoms with E-state index in [1.165, 1.54) is 5.56 Å². The lowest BCUT2D eigenvalue weighted by molar-refractivity contribution is -0.116. The first-order valence-corrected chi connectivity index (χ1v) is 11.3. The van der Waals surface area contributed by atoms with Crippen LogP contribution in [0.25, 0.3) is 0 Å². The third kappa shape index (κ3) is 5.09. The smallest absolute Gasteiger partial charge is 0.224 e. The van der Waals surface area contributed by atoms with Crippen molar-refractivity contribution >= 4 is 34.8 Å². The van der Waals surface area contributed by atoms with Gasteiger partial charge in [0.2, 0.25) is 5.91 Å². The molecular formula is C23H27Cl2N3O2. The molecule has 0 aliphatic carbocycles. The summed E-state index contributed by atoms with van der Waals surface area (Å²) in [6, 6.07) is 12.8. The number of halogens is 2. The zero-order valence-electron chi connectivity index (χ0n) is 16.9. The van der Waals surface area contributed by atoms with Gasteiger partial charge in [-0.05, 0) is 30.9 Å². The zero-order chi connectivity index (χ0) is 20.9. The SMILES string of the molecule is O=C1CCc2c(c(Cl)cc(Cl)c2OCCCC2CNCCN2Cc2ccccc2)N1. The quantitative estimate of drug-likeness (QED) is 0.612. The van der Waals surface area contributed by atoms with Crippen molar-refractivity contribution in [1.82, 2.24) is 10.2 Å². The van der Waals surface area contributed by atoms with E-state index in [9.17, 15) is 4.79 Å². The van der Waals surface area contributed by atoms with Crippen molar-refractivity contribution in [2.75, 3.05) is 31.6 Å². The molecule has 4 rings (SSSR count). The molecule has 1 fully saturated rings. The van der Waals surface area contributed by atoms with Gasteiger partial charge in [0.25, 0.3) is 0 Å². The molecule has 1 atom stereocenters. The van der Waals surface area contributed by atoms with Gasteiger partial charge in [0.15, 0.2) is 0 Å². The van der Waals surface area contributed by atoms with Gasteiger partial charge in [-0.25, -0.2) is 0 Å². The summed E-state index contributed by atoms with van der Waals surface area (Å²) in [5.74, 6) is 0.625. The molecule has 2 N–H and O–H groups in total. The molecule has 2 heterocycles. The molecule has 0 spiro atoms. The summed E-state index contributed by atoms with van der Waals surface area (Å²) in [4.78, 5) is 14.3. The number of fused-ring (bicyclic) bond motifs is 1. The van der Waals surface area contributed by atoms with Crippen molar-refractivity contribution in [1.29, 1.82) is 0 Å². The van der Waals surface area contributed by atoms with Crippen molar-refractivity contribution in [2.45, 2.75) is 38.3 Å². The maximum atomic E-state index is 11.7. The highest BCUT2D eigenvalue weighted by Gasteiger charge is 2.25. The largest absolute Gasteiger partial charge is 0.492 e. The number of nitrogens with zero attached hydrogens (tertiary/aromatic N) is 1. The van der Waals surface area contributed by atoms with Gasteiger partial charge in [0, 0.05) is 44.2 Å². The highest BCUT2D eigenvalue weighted by atomic mass is 35.5. The molecular weight excluding hydrogens is 421 g/mol. The summed E-state index contributed by atoms with van der Waals surface area (Å²) in [5, 5.41) is 7.31. The normalized spacial score (nSPS) is 19.3. The topological polar surface area (TPSA) is 53.6 Å². The van der Waals surface area contributed by atoms with Gasteiger partial charge in [-0.3, -0.25) is 9.69 Å². The standard InChI is InChI=1S/C23H27Cl2N3O2/c24-19-13-20(25)23(18-8-9-21(29)27-22(18)19)30-12-4-7-17-14-26-10-11-28(17)15-16-5-2-1-3-6-16/h1-3,5-6,13,17,26H,4,7-12,14-15H2,(H,27,29). The Labute approximate surface area is 187 Å². The second-order valence-corrected chi connectivity index (χ2v) is 8.69. The van der Waals surface area contributed by atoms with E-state index in [1.807, 2.05) is 0 Å². The third-order valence-corrected chi connectivity index (χ3v) is 6.36. The number of hydrogen-bond donors (Lipinski definition) is 2. The van der Waals surface area contributed by atoms with Crippen LogP contribution in [0, 0.1) is 0 Å². The number of carbonyl (C=O) groups is 1. The minimum atomic E-state index is -0.0269. The first-order chi connectivity index (χ1) is 14.6. The summed E-state index contributed by atoms with van der Waals surface area (Å²) >= 11 is 12.7. The van der Waals surface area contributed by atoms with Crippen LogP contribution in [-0.4, -0.2) is 43.1 Å². The lowest BCUT2D eigenvalue weighted by Crippen LogP contribution is -2.50. The fraction of sp³-hybridized carbons (Fsp3) is 0.435. The van der Waals surface area contributed by atoms with Crippen LogP contribution in [-0.2, 0) is 17.8 Å². The van der Waals surface area contributed by atoms with Gasteiger partial charge in [-0.1, -0.05) is 53.5 Å². The van der Waals surface area contributed by atoms with Crippen molar-refractivity contribution in [2.24, 2.45) is 0 Å². The van der Waals surface area contributed by atoms with Crippen LogP contribution >= 0.6 is 23.2 Å². The van der Waals surface area contributed by atoms with Crippen LogP contribution in [0.5, 0.6) is 5.75 Å². The van der Waals surface area contributed by atoms with Gasteiger partial charge in [-0.2, -0.15) is 0 Å². The molecule has 2 aliphatic rings. The van der Waals surface area contributed by atoms with E-state index in [2.05, 4.69) is 45.9 Å². The Bertz CT molecular complexity index is 892. The molecule has 5 nitrogen and oxygen atoms in total. The van der Waals surface area contributed by atoms with Gasteiger partial charge < -0.3 is 15.4 Å². The number of anilines is 1. The van der Waals surface area contributed by atoms with Crippen LogP contribution in [0.2, 0.25) is 10.0 Å². The summed E-state index contributed by atoms with van der Waals surface area (Å²) in [5.41, 5.74) is 2.89. The predicted octanol–water partition coefficient (Wildman–Crippen LogP) is 4.51. The van der Waals surface area contributed by atoms with Crippen LogP contribution in [0.3, 0.4) is 0 Å². The van der Waals surface area contributed by atoms with Crippen LogP contribution in [0.15, 0.2) is 36.4 Å². The Morgan fingerprint density at radius 1 is 1.13 bits per heavy atom. The van der Waals surface area contributed by atoms with Crippen molar-refractivity contribution in [3.63, 3.8) is 0 Å². The summed E-state index contributed by atoms with van der Waals surface area (Å²) in [7, 11) is 0. The molecule has 1 saturated heterocycles. The molecule has 1 unspecified atom stereocenters. The summed E-state index contributed by atoms with van der Waals surface area (Å²) < 4.78 is 6.09. The molecule has 160 valence electrons. The van der Waals surface area contributed by atoms with E-state index in [0.29, 0.717) is 47.0 Å². The Morgan fingerprint density at radius 3 is 2.80 bits per heavy atom. The number of amides is 1. The fourth-order valence-corrected chi connectivity index (χ4v) is 4.83. The number of rotatable bonds is 7. The Morgan fingerprint density at radius 2 is 1.97 bits per heavy atom. The lowest BCUT2D eigenvalue weighted by atomic mass is 10.0. The number of ether oxygens (including phenoxy) is 1. The van der Waals surface area contributed by atoms with Crippen LogP contribution in [0.4, 0.5) is 5.69 Å². The molecule has 2 aromatic carbocycles. The van der Waals surface area contributed by atoms with E-state index in [4.69, 9.17) is 27.9 Å². The first kappa shape index (κ1) is 21.4. The van der Waals surface area contributed by atoms with Gasteiger partial charge in [0.05, 0.1) is 22.3 Å². The van der Waals surface area contributed by atoms with Gasteiger partial charge in [-0.15, -0.1) is 0 Å². The number of hydrogen-bond acceptors (Lipinski definition) is 4. The third-order valence-electron chi connectivity index (χ3n) is 5.78. The lowest BCUT2D eigenvalue weighted by Gasteiger charge is -2.36. The van der Waals surface area contributed by atoms with Crippen molar-refractivity contribution in [3.8, 4) is 5.75 Å². The monoisotopic (exact) mass is 447 g/mol. The molecule has 0 aromatic heterocycles. The average Bonchev–Trinajstić information content (AvgIpc) is 2.75. The van der Waals surface area contributed by atoms with Gasteiger partial charge >= 0.3 is 0 Å². The summed E-state index contributed by atoms with van der Waals surface area (Å²) in [6.07, 6.45) is 2.98. The maximum absolute atomic E-state index is 11.7. The number of benzene rings is 2. The van der Waals surface area contributed by atoms with Crippen LogP contribution in [0.1, 0.15) is 30.4 Å². The Balaban J connectivity index is 1.34. The Kier molecular flexibility index (Phi) is 7.16. The Hall–Kier alpha value is -1.79. The van der Waals surface area contributed by atoms with E-state index in [-0.39, 0.29) is 5.91 Å². The highest BCUT2D eigenvalue weighted by Crippen LogP contribution is 2.42. The average molecular weight is 448 g/mol. The molecule has 0 radical (unpaired) electrons. The number of piperazine rings is 1. The molecule has 30 heavy (non-hydrogen) atoms. The molecule has 2 aromatic rings.